The predicted octanol–water partition coefficient (Wildman–Crippen LogP) is 2.08. The van der Waals surface area contributed by atoms with Gasteiger partial charge in [0.25, 0.3) is 5.56 Å². The molecule has 3 aromatic heterocycles. The van der Waals surface area contributed by atoms with Crippen molar-refractivity contribution >= 4 is 33.4 Å². The standard InChI is InChI=1S/C17H12F2N6O2S/c18-10-3-9(4-11(19)6-10)5-13-21-17(24-23-13)22-14(26)7-25-8-20-12-1-2-28-15(12)16(25)27/h1-4,6,8H,5,7H2,(H2,21,22,23,24,26). The predicted molar refractivity (Wildman–Crippen MR) is 98.1 cm³/mol. The largest absolute Gasteiger partial charge is 0.292 e. The molecule has 3 heterocycles. The van der Waals surface area contributed by atoms with Crippen LogP contribution in [-0.4, -0.2) is 30.6 Å². The Balaban J connectivity index is 1.43. The highest BCUT2D eigenvalue weighted by Crippen LogP contribution is 2.14. The molecule has 1 amide bonds. The van der Waals surface area contributed by atoms with Crippen molar-refractivity contribution in [1.29, 1.82) is 0 Å². The van der Waals surface area contributed by atoms with Crippen LogP contribution in [0, 0.1) is 11.6 Å². The van der Waals surface area contributed by atoms with E-state index in [9.17, 15) is 18.4 Å². The number of nitrogens with zero attached hydrogens (tertiary/aromatic N) is 4. The second-order valence-corrected chi connectivity index (χ2v) is 6.84. The molecule has 0 bridgehead atoms. The van der Waals surface area contributed by atoms with Crippen LogP contribution in [0.1, 0.15) is 11.4 Å². The normalized spacial score (nSPS) is 11.1. The van der Waals surface area contributed by atoms with Crippen LogP contribution < -0.4 is 10.9 Å². The van der Waals surface area contributed by atoms with Crippen molar-refractivity contribution in [3.63, 3.8) is 0 Å². The third-order valence-corrected chi connectivity index (χ3v) is 4.72. The highest BCUT2D eigenvalue weighted by Gasteiger charge is 2.12. The summed E-state index contributed by atoms with van der Waals surface area (Å²) in [4.78, 5) is 32.7. The van der Waals surface area contributed by atoms with Gasteiger partial charge in [0.05, 0.1) is 11.8 Å². The van der Waals surface area contributed by atoms with Crippen LogP contribution in [0.2, 0.25) is 0 Å². The van der Waals surface area contributed by atoms with Gasteiger partial charge in [-0.2, -0.15) is 4.98 Å². The van der Waals surface area contributed by atoms with E-state index in [0.717, 1.165) is 6.07 Å². The van der Waals surface area contributed by atoms with Crippen LogP contribution in [0.5, 0.6) is 0 Å². The van der Waals surface area contributed by atoms with Gasteiger partial charge in [0.2, 0.25) is 11.9 Å². The number of fused-ring (bicyclic) bond motifs is 1. The molecule has 8 nitrogen and oxygen atoms in total. The summed E-state index contributed by atoms with van der Waals surface area (Å²) < 4.78 is 28.2. The number of hydrogen-bond donors (Lipinski definition) is 2. The number of hydrogen-bond acceptors (Lipinski definition) is 6. The van der Waals surface area contributed by atoms with E-state index in [2.05, 4.69) is 25.5 Å². The van der Waals surface area contributed by atoms with Gasteiger partial charge in [-0.15, -0.1) is 16.4 Å². The second kappa shape index (κ2) is 7.27. The van der Waals surface area contributed by atoms with Crippen molar-refractivity contribution in [3.8, 4) is 0 Å². The number of thiophene rings is 1. The van der Waals surface area contributed by atoms with E-state index < -0.39 is 17.5 Å². The Hall–Kier alpha value is -3.47. The van der Waals surface area contributed by atoms with Gasteiger partial charge in [0, 0.05) is 12.5 Å². The van der Waals surface area contributed by atoms with Crippen molar-refractivity contribution in [2.45, 2.75) is 13.0 Å². The molecule has 28 heavy (non-hydrogen) atoms. The topological polar surface area (TPSA) is 106 Å². The highest BCUT2D eigenvalue weighted by molar-refractivity contribution is 7.17. The zero-order valence-corrected chi connectivity index (χ0v) is 15.0. The quantitative estimate of drug-likeness (QED) is 0.532. The Morgan fingerprint density at radius 1 is 1.25 bits per heavy atom. The highest BCUT2D eigenvalue weighted by atomic mass is 32.1. The Kier molecular flexibility index (Phi) is 4.65. The maximum absolute atomic E-state index is 13.2. The molecule has 0 atom stereocenters. The summed E-state index contributed by atoms with van der Waals surface area (Å²) in [5.74, 6) is -1.58. The van der Waals surface area contributed by atoms with Gasteiger partial charge in [-0.05, 0) is 29.1 Å². The Bertz CT molecular complexity index is 1210. The lowest BCUT2D eigenvalue weighted by Gasteiger charge is -2.04. The van der Waals surface area contributed by atoms with Gasteiger partial charge in [0.15, 0.2) is 0 Å². The summed E-state index contributed by atoms with van der Waals surface area (Å²) in [6, 6.07) is 4.87. The van der Waals surface area contributed by atoms with Gasteiger partial charge in [-0.3, -0.25) is 24.6 Å². The first kappa shape index (κ1) is 17.9. The number of halogens is 2. The van der Waals surface area contributed by atoms with Gasteiger partial charge < -0.3 is 0 Å². The van der Waals surface area contributed by atoms with E-state index in [1.807, 2.05) is 0 Å². The van der Waals surface area contributed by atoms with E-state index in [1.54, 1.807) is 11.4 Å². The number of nitrogens with one attached hydrogen (secondary N) is 2. The van der Waals surface area contributed by atoms with E-state index >= 15 is 0 Å². The Morgan fingerprint density at radius 3 is 2.82 bits per heavy atom. The van der Waals surface area contributed by atoms with Crippen LogP contribution in [0.3, 0.4) is 0 Å². The maximum Gasteiger partial charge on any atom is 0.271 e. The smallest absolute Gasteiger partial charge is 0.271 e. The number of carbonyl (C=O) groups excluding carboxylic acids is 1. The van der Waals surface area contributed by atoms with E-state index in [-0.39, 0.29) is 24.5 Å². The molecule has 4 rings (SSSR count). The molecular formula is C17H12F2N6O2S. The molecule has 142 valence electrons. The van der Waals surface area contributed by atoms with Crippen LogP contribution in [0.25, 0.3) is 10.2 Å². The number of amides is 1. The first-order valence-corrected chi connectivity index (χ1v) is 8.94. The molecule has 2 N–H and O–H groups in total. The van der Waals surface area contributed by atoms with Crippen molar-refractivity contribution in [2.75, 3.05) is 5.32 Å². The average molecular weight is 402 g/mol. The molecular weight excluding hydrogens is 390 g/mol. The number of H-pyrrole nitrogens is 1. The molecule has 0 aliphatic carbocycles. The minimum atomic E-state index is -0.690. The molecule has 1 aromatic carbocycles. The van der Waals surface area contributed by atoms with E-state index in [0.29, 0.717) is 21.6 Å². The first-order valence-electron chi connectivity index (χ1n) is 8.07. The number of carbonyl (C=O) groups is 1. The lowest BCUT2D eigenvalue weighted by Crippen LogP contribution is -2.27. The van der Waals surface area contributed by atoms with Gasteiger partial charge in [-0.1, -0.05) is 0 Å². The molecule has 0 aliphatic rings. The van der Waals surface area contributed by atoms with Crippen LogP contribution in [0.15, 0.2) is 40.8 Å². The summed E-state index contributed by atoms with van der Waals surface area (Å²) in [7, 11) is 0. The minimum Gasteiger partial charge on any atom is -0.292 e. The number of anilines is 1. The van der Waals surface area contributed by atoms with Gasteiger partial charge >= 0.3 is 0 Å². The van der Waals surface area contributed by atoms with Crippen LogP contribution >= 0.6 is 11.3 Å². The third-order valence-electron chi connectivity index (χ3n) is 3.83. The second-order valence-electron chi connectivity index (χ2n) is 5.92. The van der Waals surface area contributed by atoms with Crippen LogP contribution in [-0.2, 0) is 17.8 Å². The molecule has 0 saturated carbocycles. The van der Waals surface area contributed by atoms with Crippen molar-refractivity contribution in [1.82, 2.24) is 24.7 Å². The summed E-state index contributed by atoms with van der Waals surface area (Å²) >= 11 is 1.25. The van der Waals surface area contributed by atoms with E-state index in [4.69, 9.17) is 0 Å². The SMILES string of the molecule is O=C(Cn1cnc2ccsc2c1=O)Nc1n[nH]c(Cc2cc(F)cc(F)c2)n1. The van der Waals surface area contributed by atoms with Gasteiger partial charge in [-0.25, -0.2) is 13.8 Å². The van der Waals surface area contributed by atoms with Crippen molar-refractivity contribution in [2.24, 2.45) is 0 Å². The molecule has 0 fully saturated rings. The summed E-state index contributed by atoms with van der Waals surface area (Å²) in [5.41, 5.74) is 0.645. The zero-order valence-electron chi connectivity index (χ0n) is 14.1. The Morgan fingerprint density at radius 2 is 2.04 bits per heavy atom. The molecule has 0 unspecified atom stereocenters. The van der Waals surface area contributed by atoms with Crippen molar-refractivity contribution in [3.05, 3.63) is 69.3 Å². The lowest BCUT2D eigenvalue weighted by atomic mass is 10.1. The zero-order chi connectivity index (χ0) is 19.7. The molecule has 11 heteroatoms. The number of aromatic nitrogens is 5. The monoisotopic (exact) mass is 402 g/mol. The number of aromatic amines is 1. The molecule has 0 radical (unpaired) electrons. The fraction of sp³-hybridized carbons (Fsp3) is 0.118. The fourth-order valence-corrected chi connectivity index (χ4v) is 3.44. The lowest BCUT2D eigenvalue weighted by molar-refractivity contribution is -0.116. The molecule has 0 aliphatic heterocycles. The van der Waals surface area contributed by atoms with Crippen molar-refractivity contribution < 1.29 is 13.6 Å². The summed E-state index contributed by atoms with van der Waals surface area (Å²) in [5, 5.41) is 10.7. The summed E-state index contributed by atoms with van der Waals surface area (Å²) in [6.45, 7) is -0.251. The third kappa shape index (κ3) is 3.78. The molecule has 4 aromatic rings. The molecule has 0 spiro atoms. The number of rotatable bonds is 5. The average Bonchev–Trinajstić information content (AvgIpc) is 3.26. The Labute approximate surface area is 159 Å². The number of benzene rings is 1. The first-order chi connectivity index (χ1) is 13.5. The van der Waals surface area contributed by atoms with E-state index in [1.165, 1.54) is 34.4 Å². The van der Waals surface area contributed by atoms with Gasteiger partial charge in [0.1, 0.15) is 28.7 Å². The maximum atomic E-state index is 13.2. The van der Waals surface area contributed by atoms with Crippen LogP contribution in [0.4, 0.5) is 14.7 Å². The minimum absolute atomic E-state index is 0.00455. The molecule has 0 saturated heterocycles. The summed E-state index contributed by atoms with van der Waals surface area (Å²) in [6.07, 6.45) is 1.41. The fourth-order valence-electron chi connectivity index (χ4n) is 2.65.